The Morgan fingerprint density at radius 1 is 1.19 bits per heavy atom. The fraction of sp³-hybridized carbons (Fsp3) is 0.619. The summed E-state index contributed by atoms with van der Waals surface area (Å²) in [6, 6.07) is 5.03. The van der Waals surface area contributed by atoms with Crippen LogP contribution in [0.1, 0.15) is 56.8 Å². The zero-order valence-corrected chi connectivity index (χ0v) is 16.7. The lowest BCUT2D eigenvalue weighted by atomic mass is 9.86. The molecule has 0 unspecified atom stereocenters. The Bertz CT molecular complexity index is 643. The number of nitrogens with one attached hydrogen (secondary N) is 1. The average Bonchev–Trinajstić information content (AvgIpc) is 2.66. The number of rotatable bonds is 8. The number of hydrogen-bond donors (Lipinski definition) is 1. The van der Waals surface area contributed by atoms with Gasteiger partial charge in [-0.15, -0.1) is 0 Å². The molecule has 1 aliphatic carbocycles. The van der Waals surface area contributed by atoms with Crippen LogP contribution in [-0.4, -0.2) is 38.2 Å². The second-order valence-corrected chi connectivity index (χ2v) is 7.58. The minimum atomic E-state index is -0.560. The van der Waals surface area contributed by atoms with Crippen LogP contribution < -0.4 is 14.8 Å². The van der Waals surface area contributed by atoms with Crippen LogP contribution in [0.2, 0.25) is 0 Å². The lowest BCUT2D eigenvalue weighted by Gasteiger charge is -2.29. The molecule has 6 heteroatoms. The van der Waals surface area contributed by atoms with E-state index in [1.807, 2.05) is 0 Å². The Hall–Kier alpha value is -2.24. The minimum Gasteiger partial charge on any atom is -0.493 e. The SMILES string of the molecule is COc1cc(C(=O)OCC(=O)N[C@@H]2CCCC[C@H]2C)ccc1OCC(C)C. The predicted octanol–water partition coefficient (Wildman–Crippen LogP) is 3.58. The van der Waals surface area contributed by atoms with E-state index in [9.17, 15) is 9.59 Å². The highest BCUT2D eigenvalue weighted by molar-refractivity contribution is 5.92. The molecule has 1 saturated carbocycles. The number of carbonyl (C=O) groups excluding carboxylic acids is 2. The summed E-state index contributed by atoms with van der Waals surface area (Å²) in [6.07, 6.45) is 4.44. The quantitative estimate of drug-likeness (QED) is 0.701. The molecule has 150 valence electrons. The van der Waals surface area contributed by atoms with E-state index in [0.29, 0.717) is 35.5 Å². The van der Waals surface area contributed by atoms with Crippen molar-refractivity contribution >= 4 is 11.9 Å². The van der Waals surface area contributed by atoms with Gasteiger partial charge in [0, 0.05) is 6.04 Å². The molecule has 0 heterocycles. The van der Waals surface area contributed by atoms with Crippen LogP contribution in [0.25, 0.3) is 0 Å². The van der Waals surface area contributed by atoms with Gasteiger partial charge >= 0.3 is 5.97 Å². The Kier molecular flexibility index (Phi) is 7.95. The number of carbonyl (C=O) groups is 2. The Morgan fingerprint density at radius 3 is 2.59 bits per heavy atom. The second kappa shape index (κ2) is 10.2. The molecule has 1 aliphatic rings. The number of benzene rings is 1. The van der Waals surface area contributed by atoms with E-state index >= 15 is 0 Å². The zero-order valence-electron chi connectivity index (χ0n) is 16.7. The summed E-state index contributed by atoms with van der Waals surface area (Å²) in [4.78, 5) is 24.3. The number of amides is 1. The highest BCUT2D eigenvalue weighted by atomic mass is 16.5. The lowest BCUT2D eigenvalue weighted by molar-refractivity contribution is -0.125. The van der Waals surface area contributed by atoms with Gasteiger partial charge in [-0.3, -0.25) is 4.79 Å². The van der Waals surface area contributed by atoms with Crippen LogP contribution in [-0.2, 0) is 9.53 Å². The van der Waals surface area contributed by atoms with Crippen molar-refractivity contribution in [1.82, 2.24) is 5.32 Å². The van der Waals surface area contributed by atoms with Gasteiger partial charge in [-0.1, -0.05) is 33.6 Å². The molecule has 1 aromatic rings. The van der Waals surface area contributed by atoms with E-state index in [1.54, 1.807) is 18.2 Å². The molecule has 2 rings (SSSR count). The first-order valence-electron chi connectivity index (χ1n) is 9.68. The molecule has 1 amide bonds. The number of esters is 1. The standard InChI is InChI=1S/C21H31NO5/c1-14(2)12-26-18-10-9-16(11-19(18)25-4)21(24)27-13-20(23)22-17-8-6-5-7-15(17)3/h9-11,14-15,17H,5-8,12-13H2,1-4H3,(H,22,23)/t15-,17-/m1/s1. The van der Waals surface area contributed by atoms with Gasteiger partial charge in [0.2, 0.25) is 0 Å². The summed E-state index contributed by atoms with van der Waals surface area (Å²) < 4.78 is 16.1. The third-order valence-corrected chi connectivity index (χ3v) is 4.76. The van der Waals surface area contributed by atoms with E-state index < -0.39 is 5.97 Å². The van der Waals surface area contributed by atoms with Gasteiger partial charge in [-0.25, -0.2) is 4.79 Å². The predicted molar refractivity (Wildman–Crippen MR) is 103 cm³/mol. The van der Waals surface area contributed by atoms with Crippen molar-refractivity contribution < 1.29 is 23.8 Å². The van der Waals surface area contributed by atoms with Crippen molar-refractivity contribution in [1.29, 1.82) is 0 Å². The zero-order chi connectivity index (χ0) is 19.8. The molecule has 1 N–H and O–H groups in total. The lowest BCUT2D eigenvalue weighted by Crippen LogP contribution is -2.42. The van der Waals surface area contributed by atoms with Gasteiger partial charge in [0.1, 0.15) is 0 Å². The molecule has 2 atom stereocenters. The maximum absolute atomic E-state index is 12.3. The highest BCUT2D eigenvalue weighted by Gasteiger charge is 2.23. The summed E-state index contributed by atoms with van der Waals surface area (Å²) in [6.45, 7) is 6.52. The van der Waals surface area contributed by atoms with Crippen molar-refractivity contribution in [3.8, 4) is 11.5 Å². The molecule has 1 fully saturated rings. The third kappa shape index (κ3) is 6.45. The first-order chi connectivity index (χ1) is 12.9. The van der Waals surface area contributed by atoms with Gasteiger partial charge in [0.05, 0.1) is 19.3 Å². The van der Waals surface area contributed by atoms with Crippen LogP contribution in [0.3, 0.4) is 0 Å². The summed E-state index contributed by atoms with van der Waals surface area (Å²) in [7, 11) is 1.52. The molecule has 0 bridgehead atoms. The number of methoxy groups -OCH3 is 1. The Labute approximate surface area is 161 Å². The molecule has 6 nitrogen and oxygen atoms in total. The van der Waals surface area contributed by atoms with Gasteiger partial charge in [-0.2, -0.15) is 0 Å². The molecule has 0 aliphatic heterocycles. The van der Waals surface area contributed by atoms with E-state index in [4.69, 9.17) is 14.2 Å². The molecule has 1 aromatic carbocycles. The first kappa shape index (κ1) is 21.1. The second-order valence-electron chi connectivity index (χ2n) is 7.58. The van der Waals surface area contributed by atoms with Crippen molar-refractivity contribution in [2.75, 3.05) is 20.3 Å². The minimum absolute atomic E-state index is 0.169. The smallest absolute Gasteiger partial charge is 0.338 e. The van der Waals surface area contributed by atoms with Crippen LogP contribution in [0.15, 0.2) is 18.2 Å². The van der Waals surface area contributed by atoms with Crippen molar-refractivity contribution in [2.45, 2.75) is 52.5 Å². The third-order valence-electron chi connectivity index (χ3n) is 4.76. The maximum atomic E-state index is 12.3. The maximum Gasteiger partial charge on any atom is 0.338 e. The van der Waals surface area contributed by atoms with E-state index in [0.717, 1.165) is 19.3 Å². The van der Waals surface area contributed by atoms with Crippen LogP contribution in [0, 0.1) is 11.8 Å². The Balaban J connectivity index is 1.88. The fourth-order valence-corrected chi connectivity index (χ4v) is 3.16. The average molecular weight is 377 g/mol. The van der Waals surface area contributed by atoms with Gasteiger partial charge < -0.3 is 19.5 Å². The number of ether oxygens (including phenoxy) is 3. The molecular weight excluding hydrogens is 346 g/mol. The fourth-order valence-electron chi connectivity index (χ4n) is 3.16. The van der Waals surface area contributed by atoms with Crippen LogP contribution in [0.4, 0.5) is 0 Å². The summed E-state index contributed by atoms with van der Waals surface area (Å²) in [5, 5.41) is 2.97. The van der Waals surface area contributed by atoms with Gasteiger partial charge in [-0.05, 0) is 42.9 Å². The van der Waals surface area contributed by atoms with Crippen LogP contribution in [0.5, 0.6) is 11.5 Å². The highest BCUT2D eigenvalue weighted by Crippen LogP contribution is 2.29. The molecule has 0 saturated heterocycles. The Morgan fingerprint density at radius 2 is 1.93 bits per heavy atom. The molecule has 0 aromatic heterocycles. The molecule has 0 spiro atoms. The summed E-state index contributed by atoms with van der Waals surface area (Å²) in [5.41, 5.74) is 0.322. The van der Waals surface area contributed by atoms with E-state index in [-0.39, 0.29) is 18.6 Å². The normalized spacial score (nSPS) is 19.4. The largest absolute Gasteiger partial charge is 0.493 e. The summed E-state index contributed by atoms with van der Waals surface area (Å²) in [5.74, 6) is 1.06. The van der Waals surface area contributed by atoms with Gasteiger partial charge in [0.25, 0.3) is 5.91 Å². The van der Waals surface area contributed by atoms with Crippen molar-refractivity contribution in [3.05, 3.63) is 23.8 Å². The van der Waals surface area contributed by atoms with Crippen molar-refractivity contribution in [2.24, 2.45) is 11.8 Å². The van der Waals surface area contributed by atoms with E-state index in [2.05, 4.69) is 26.1 Å². The summed E-state index contributed by atoms with van der Waals surface area (Å²) >= 11 is 0. The van der Waals surface area contributed by atoms with E-state index in [1.165, 1.54) is 13.5 Å². The van der Waals surface area contributed by atoms with Crippen molar-refractivity contribution in [3.63, 3.8) is 0 Å². The van der Waals surface area contributed by atoms with Crippen LogP contribution >= 0.6 is 0 Å². The molecule has 0 radical (unpaired) electrons. The molecule has 27 heavy (non-hydrogen) atoms. The monoisotopic (exact) mass is 377 g/mol. The van der Waals surface area contributed by atoms with Gasteiger partial charge in [0.15, 0.2) is 18.1 Å². The first-order valence-corrected chi connectivity index (χ1v) is 9.68. The molecular formula is C21H31NO5. The topological polar surface area (TPSA) is 73.9 Å². The number of hydrogen-bond acceptors (Lipinski definition) is 5.